The standard InChI is InChI=1S/C16H14ClNO2/c17-13-8-11(16(19)20)6-7-14(13)18-15-9-12(15)10-4-2-1-3-5-10/h1-8,12,15,18H,9H2,(H,19,20). The zero-order valence-electron chi connectivity index (χ0n) is 10.7. The largest absolute Gasteiger partial charge is 0.478 e. The number of carboxylic acid groups (broad SMARTS) is 1. The van der Waals surface area contributed by atoms with Crippen LogP contribution in [0.25, 0.3) is 0 Å². The average Bonchev–Trinajstić information content (AvgIpc) is 3.21. The number of nitrogens with one attached hydrogen (secondary N) is 1. The van der Waals surface area contributed by atoms with Crippen molar-refractivity contribution in [2.45, 2.75) is 18.4 Å². The van der Waals surface area contributed by atoms with Gasteiger partial charge in [0.25, 0.3) is 0 Å². The molecule has 102 valence electrons. The van der Waals surface area contributed by atoms with Gasteiger partial charge in [0.15, 0.2) is 0 Å². The molecule has 3 nitrogen and oxygen atoms in total. The van der Waals surface area contributed by atoms with Crippen LogP contribution < -0.4 is 5.32 Å². The molecule has 0 saturated heterocycles. The molecule has 20 heavy (non-hydrogen) atoms. The molecule has 1 aliphatic carbocycles. The normalized spacial score (nSPS) is 20.4. The van der Waals surface area contributed by atoms with Crippen LogP contribution in [0.4, 0.5) is 5.69 Å². The molecular weight excluding hydrogens is 274 g/mol. The van der Waals surface area contributed by atoms with Crippen molar-refractivity contribution in [2.24, 2.45) is 0 Å². The lowest BCUT2D eigenvalue weighted by molar-refractivity contribution is 0.0697. The van der Waals surface area contributed by atoms with E-state index in [9.17, 15) is 4.79 Å². The summed E-state index contributed by atoms with van der Waals surface area (Å²) in [6.07, 6.45) is 1.07. The predicted molar refractivity (Wildman–Crippen MR) is 79.6 cm³/mol. The van der Waals surface area contributed by atoms with Gasteiger partial charge in [0.1, 0.15) is 0 Å². The molecule has 2 N–H and O–H groups in total. The van der Waals surface area contributed by atoms with Gasteiger partial charge in [-0.1, -0.05) is 41.9 Å². The average molecular weight is 288 g/mol. The number of hydrogen-bond donors (Lipinski definition) is 2. The number of hydrogen-bond acceptors (Lipinski definition) is 2. The molecule has 2 atom stereocenters. The SMILES string of the molecule is O=C(O)c1ccc(NC2CC2c2ccccc2)c(Cl)c1. The maximum atomic E-state index is 10.9. The number of carboxylic acids is 1. The lowest BCUT2D eigenvalue weighted by atomic mass is 10.1. The molecule has 0 bridgehead atoms. The minimum atomic E-state index is -0.966. The zero-order chi connectivity index (χ0) is 14.1. The number of anilines is 1. The number of benzene rings is 2. The Morgan fingerprint density at radius 1 is 1.20 bits per heavy atom. The van der Waals surface area contributed by atoms with Crippen LogP contribution in [0.2, 0.25) is 5.02 Å². The van der Waals surface area contributed by atoms with E-state index in [1.807, 2.05) is 18.2 Å². The highest BCUT2D eigenvalue weighted by Gasteiger charge is 2.38. The fourth-order valence-corrected chi connectivity index (χ4v) is 2.62. The van der Waals surface area contributed by atoms with Gasteiger partial charge in [-0.3, -0.25) is 0 Å². The summed E-state index contributed by atoms with van der Waals surface area (Å²) < 4.78 is 0. The summed E-state index contributed by atoms with van der Waals surface area (Å²) in [5.41, 5.74) is 2.32. The van der Waals surface area contributed by atoms with E-state index in [1.165, 1.54) is 11.6 Å². The molecule has 0 aliphatic heterocycles. The van der Waals surface area contributed by atoms with Gasteiger partial charge in [0.05, 0.1) is 16.3 Å². The molecule has 2 aromatic rings. The summed E-state index contributed by atoms with van der Waals surface area (Å²) in [7, 11) is 0. The van der Waals surface area contributed by atoms with Crippen LogP contribution in [0.15, 0.2) is 48.5 Å². The van der Waals surface area contributed by atoms with Crippen molar-refractivity contribution in [1.29, 1.82) is 0 Å². The third-order valence-corrected chi connectivity index (χ3v) is 3.89. The lowest BCUT2D eigenvalue weighted by Gasteiger charge is -2.09. The second-order valence-corrected chi connectivity index (χ2v) is 5.41. The van der Waals surface area contributed by atoms with E-state index in [1.54, 1.807) is 12.1 Å². The Kier molecular flexibility index (Phi) is 3.36. The molecule has 1 aliphatic rings. The molecule has 1 saturated carbocycles. The molecule has 3 rings (SSSR count). The summed E-state index contributed by atoms with van der Waals surface area (Å²) >= 11 is 6.11. The van der Waals surface area contributed by atoms with Crippen molar-refractivity contribution in [3.8, 4) is 0 Å². The second kappa shape index (κ2) is 5.17. The Morgan fingerprint density at radius 3 is 2.60 bits per heavy atom. The van der Waals surface area contributed by atoms with Crippen LogP contribution in [-0.4, -0.2) is 17.1 Å². The first-order valence-corrected chi connectivity index (χ1v) is 6.87. The van der Waals surface area contributed by atoms with Crippen molar-refractivity contribution in [1.82, 2.24) is 0 Å². The van der Waals surface area contributed by atoms with Crippen LogP contribution >= 0.6 is 11.6 Å². The second-order valence-electron chi connectivity index (χ2n) is 5.00. The summed E-state index contributed by atoms with van der Waals surface area (Å²) in [6.45, 7) is 0. The van der Waals surface area contributed by atoms with Crippen molar-refractivity contribution in [2.75, 3.05) is 5.32 Å². The highest BCUT2D eigenvalue weighted by molar-refractivity contribution is 6.33. The van der Waals surface area contributed by atoms with E-state index in [2.05, 4.69) is 17.4 Å². The molecule has 0 heterocycles. The first kappa shape index (κ1) is 13.0. The third kappa shape index (κ3) is 2.63. The van der Waals surface area contributed by atoms with Gasteiger partial charge in [-0.05, 0) is 30.2 Å². The van der Waals surface area contributed by atoms with Crippen LogP contribution in [0, 0.1) is 0 Å². The van der Waals surface area contributed by atoms with Gasteiger partial charge in [-0.25, -0.2) is 4.79 Å². The van der Waals surface area contributed by atoms with Gasteiger partial charge in [0, 0.05) is 12.0 Å². The molecule has 0 amide bonds. The monoisotopic (exact) mass is 287 g/mol. The van der Waals surface area contributed by atoms with E-state index >= 15 is 0 Å². The lowest BCUT2D eigenvalue weighted by Crippen LogP contribution is -2.05. The third-order valence-electron chi connectivity index (χ3n) is 3.58. The zero-order valence-corrected chi connectivity index (χ0v) is 11.5. The fourth-order valence-electron chi connectivity index (χ4n) is 2.39. The number of halogens is 1. The van der Waals surface area contributed by atoms with Gasteiger partial charge in [-0.2, -0.15) is 0 Å². The van der Waals surface area contributed by atoms with Gasteiger partial charge < -0.3 is 10.4 Å². The van der Waals surface area contributed by atoms with Crippen LogP contribution in [-0.2, 0) is 0 Å². The molecule has 2 aromatic carbocycles. The van der Waals surface area contributed by atoms with Crippen molar-refractivity contribution < 1.29 is 9.90 Å². The highest BCUT2D eigenvalue weighted by Crippen LogP contribution is 2.43. The van der Waals surface area contributed by atoms with E-state index in [-0.39, 0.29) is 5.56 Å². The molecule has 0 spiro atoms. The molecule has 0 aromatic heterocycles. The summed E-state index contributed by atoms with van der Waals surface area (Å²) in [4.78, 5) is 10.9. The number of aromatic carboxylic acids is 1. The Hall–Kier alpha value is -2.00. The molecule has 1 fully saturated rings. The number of carbonyl (C=O) groups is 1. The van der Waals surface area contributed by atoms with Crippen LogP contribution in [0.5, 0.6) is 0 Å². The topological polar surface area (TPSA) is 49.3 Å². The Morgan fingerprint density at radius 2 is 1.95 bits per heavy atom. The van der Waals surface area contributed by atoms with E-state index in [0.717, 1.165) is 12.1 Å². The van der Waals surface area contributed by atoms with Crippen LogP contribution in [0.3, 0.4) is 0 Å². The summed E-state index contributed by atoms with van der Waals surface area (Å²) in [5, 5.41) is 12.7. The first-order valence-electron chi connectivity index (χ1n) is 6.49. The Bertz CT molecular complexity index is 642. The molecule has 4 heteroatoms. The van der Waals surface area contributed by atoms with Crippen molar-refractivity contribution in [3.63, 3.8) is 0 Å². The van der Waals surface area contributed by atoms with E-state index in [0.29, 0.717) is 17.0 Å². The Balaban J connectivity index is 1.70. The minimum absolute atomic E-state index is 0.205. The maximum Gasteiger partial charge on any atom is 0.335 e. The van der Waals surface area contributed by atoms with Gasteiger partial charge in [0.2, 0.25) is 0 Å². The molecule has 2 unspecified atom stereocenters. The quantitative estimate of drug-likeness (QED) is 0.893. The molecular formula is C16H14ClNO2. The van der Waals surface area contributed by atoms with E-state index < -0.39 is 5.97 Å². The van der Waals surface area contributed by atoms with Crippen LogP contribution in [0.1, 0.15) is 28.3 Å². The predicted octanol–water partition coefficient (Wildman–Crippen LogP) is 4.01. The highest BCUT2D eigenvalue weighted by atomic mass is 35.5. The van der Waals surface area contributed by atoms with Gasteiger partial charge in [-0.15, -0.1) is 0 Å². The van der Waals surface area contributed by atoms with Crippen molar-refractivity contribution in [3.05, 3.63) is 64.7 Å². The van der Waals surface area contributed by atoms with E-state index in [4.69, 9.17) is 16.7 Å². The molecule has 0 radical (unpaired) electrons. The number of rotatable bonds is 4. The maximum absolute atomic E-state index is 10.9. The summed E-state index contributed by atoms with van der Waals surface area (Å²) in [5.74, 6) is -0.460. The fraction of sp³-hybridized carbons (Fsp3) is 0.188. The first-order chi connectivity index (χ1) is 9.65. The summed E-state index contributed by atoms with van der Waals surface area (Å²) in [6, 6.07) is 15.5. The smallest absolute Gasteiger partial charge is 0.335 e. The Labute approximate surface area is 122 Å². The van der Waals surface area contributed by atoms with Gasteiger partial charge >= 0.3 is 5.97 Å². The van der Waals surface area contributed by atoms with Crippen molar-refractivity contribution >= 4 is 23.3 Å². The minimum Gasteiger partial charge on any atom is -0.478 e.